The van der Waals surface area contributed by atoms with Crippen molar-refractivity contribution in [3.8, 4) is 0 Å². The van der Waals surface area contributed by atoms with Crippen molar-refractivity contribution in [2.24, 2.45) is 0 Å². The van der Waals surface area contributed by atoms with Crippen LogP contribution in [0.25, 0.3) is 10.2 Å². The van der Waals surface area contributed by atoms with E-state index in [1.54, 1.807) is 0 Å². The number of alkyl halides is 1. The van der Waals surface area contributed by atoms with Crippen LogP contribution in [0, 0.1) is 6.92 Å². The first-order valence-electron chi connectivity index (χ1n) is 5.52. The molecule has 0 spiro atoms. The number of aromatic nitrogens is 1. The second-order valence-corrected chi connectivity index (χ2v) is 5.77. The van der Waals surface area contributed by atoms with E-state index in [-0.39, 0.29) is 5.91 Å². The first kappa shape index (κ1) is 13.6. The quantitative estimate of drug-likeness (QED) is 0.859. The van der Waals surface area contributed by atoms with Crippen molar-refractivity contribution in [3.63, 3.8) is 0 Å². The van der Waals surface area contributed by atoms with Crippen LogP contribution in [0.15, 0.2) is 12.1 Å². The minimum Gasteiger partial charge on any atom is -0.302 e. The molecule has 96 valence electrons. The maximum absolute atomic E-state index is 11.6. The van der Waals surface area contributed by atoms with Gasteiger partial charge in [-0.15, -0.1) is 11.6 Å². The molecule has 0 aliphatic rings. The predicted molar refractivity (Wildman–Crippen MR) is 78.0 cm³/mol. The van der Waals surface area contributed by atoms with Crippen LogP contribution in [-0.2, 0) is 4.79 Å². The SMILES string of the molecule is Cc1cc(Cl)cc2sc(NC(=O)CCCCl)nc12. The number of halogens is 2. The monoisotopic (exact) mass is 302 g/mol. The smallest absolute Gasteiger partial charge is 0.226 e. The minimum atomic E-state index is -0.0570. The predicted octanol–water partition coefficient (Wildman–Crippen LogP) is 4.22. The van der Waals surface area contributed by atoms with Gasteiger partial charge in [0.1, 0.15) is 0 Å². The Morgan fingerprint density at radius 2 is 2.28 bits per heavy atom. The summed E-state index contributed by atoms with van der Waals surface area (Å²) in [6.45, 7) is 1.95. The number of nitrogens with one attached hydrogen (secondary N) is 1. The van der Waals surface area contributed by atoms with Gasteiger partial charge < -0.3 is 5.32 Å². The van der Waals surface area contributed by atoms with E-state index in [2.05, 4.69) is 10.3 Å². The first-order chi connectivity index (χ1) is 8.60. The number of amides is 1. The molecule has 0 radical (unpaired) electrons. The molecule has 1 N–H and O–H groups in total. The fourth-order valence-electron chi connectivity index (χ4n) is 1.62. The maximum Gasteiger partial charge on any atom is 0.226 e. The zero-order chi connectivity index (χ0) is 13.1. The number of thiazole rings is 1. The third-order valence-electron chi connectivity index (χ3n) is 2.43. The summed E-state index contributed by atoms with van der Waals surface area (Å²) in [5.74, 6) is 0.431. The third kappa shape index (κ3) is 3.13. The van der Waals surface area contributed by atoms with Crippen molar-refractivity contribution >= 4 is 55.8 Å². The average molecular weight is 303 g/mol. The molecule has 1 heterocycles. The molecule has 0 fully saturated rings. The van der Waals surface area contributed by atoms with E-state index in [9.17, 15) is 4.79 Å². The molecule has 0 saturated carbocycles. The van der Waals surface area contributed by atoms with Gasteiger partial charge in [0.05, 0.1) is 10.2 Å². The Morgan fingerprint density at radius 1 is 1.50 bits per heavy atom. The molecule has 18 heavy (non-hydrogen) atoms. The van der Waals surface area contributed by atoms with Gasteiger partial charge in [0.25, 0.3) is 0 Å². The number of nitrogens with zero attached hydrogens (tertiary/aromatic N) is 1. The lowest BCUT2D eigenvalue weighted by atomic mass is 10.2. The molecular weight excluding hydrogens is 291 g/mol. The number of hydrogen-bond acceptors (Lipinski definition) is 3. The summed E-state index contributed by atoms with van der Waals surface area (Å²) in [4.78, 5) is 16.0. The van der Waals surface area contributed by atoms with Gasteiger partial charge in [-0.2, -0.15) is 0 Å². The van der Waals surface area contributed by atoms with E-state index < -0.39 is 0 Å². The Morgan fingerprint density at radius 3 is 3.00 bits per heavy atom. The highest BCUT2D eigenvalue weighted by Gasteiger charge is 2.09. The summed E-state index contributed by atoms with van der Waals surface area (Å²) in [6.07, 6.45) is 1.09. The second kappa shape index (κ2) is 5.87. The number of fused-ring (bicyclic) bond motifs is 1. The van der Waals surface area contributed by atoms with E-state index in [4.69, 9.17) is 23.2 Å². The normalized spacial score (nSPS) is 10.8. The summed E-state index contributed by atoms with van der Waals surface area (Å²) < 4.78 is 0.979. The molecule has 0 atom stereocenters. The number of hydrogen-bond donors (Lipinski definition) is 1. The Labute approximate surface area is 119 Å². The van der Waals surface area contributed by atoms with Crippen LogP contribution in [0.5, 0.6) is 0 Å². The third-order valence-corrected chi connectivity index (χ3v) is 3.84. The zero-order valence-corrected chi connectivity index (χ0v) is 12.1. The largest absolute Gasteiger partial charge is 0.302 e. The lowest BCUT2D eigenvalue weighted by Crippen LogP contribution is -2.10. The van der Waals surface area contributed by atoms with Gasteiger partial charge in [-0.3, -0.25) is 4.79 Å². The minimum absolute atomic E-state index is 0.0570. The van der Waals surface area contributed by atoms with E-state index in [1.807, 2.05) is 19.1 Å². The standard InChI is InChI=1S/C12H12Cl2N2OS/c1-7-5-8(14)6-9-11(7)16-12(18-9)15-10(17)3-2-4-13/h5-6H,2-4H2,1H3,(H,15,16,17). The highest BCUT2D eigenvalue weighted by molar-refractivity contribution is 7.22. The Hall–Kier alpha value is -0.840. The average Bonchev–Trinajstić information content (AvgIpc) is 2.69. The molecule has 0 unspecified atom stereocenters. The molecule has 2 aromatic rings. The van der Waals surface area contributed by atoms with Gasteiger partial charge in [-0.05, 0) is 31.0 Å². The highest BCUT2D eigenvalue weighted by atomic mass is 35.5. The van der Waals surface area contributed by atoms with E-state index in [0.29, 0.717) is 28.9 Å². The lowest BCUT2D eigenvalue weighted by molar-refractivity contribution is -0.116. The van der Waals surface area contributed by atoms with Crippen LogP contribution < -0.4 is 5.32 Å². The van der Waals surface area contributed by atoms with Crippen LogP contribution in [0.2, 0.25) is 5.02 Å². The molecule has 1 amide bonds. The molecule has 0 bridgehead atoms. The number of carbonyl (C=O) groups is 1. The van der Waals surface area contributed by atoms with Crippen molar-refractivity contribution in [2.45, 2.75) is 19.8 Å². The number of aryl methyl sites for hydroxylation is 1. The zero-order valence-electron chi connectivity index (χ0n) is 9.80. The molecule has 1 aromatic carbocycles. The summed E-state index contributed by atoms with van der Waals surface area (Å²) >= 11 is 13.0. The van der Waals surface area contributed by atoms with E-state index in [1.165, 1.54) is 11.3 Å². The summed E-state index contributed by atoms with van der Waals surface area (Å²) in [5, 5.41) is 4.07. The van der Waals surface area contributed by atoms with Gasteiger partial charge in [0, 0.05) is 17.3 Å². The van der Waals surface area contributed by atoms with Crippen molar-refractivity contribution < 1.29 is 4.79 Å². The summed E-state index contributed by atoms with van der Waals surface area (Å²) in [6, 6.07) is 3.72. The van der Waals surface area contributed by atoms with Gasteiger partial charge in [-0.25, -0.2) is 4.98 Å². The highest BCUT2D eigenvalue weighted by Crippen LogP contribution is 2.30. The van der Waals surface area contributed by atoms with E-state index in [0.717, 1.165) is 15.8 Å². The van der Waals surface area contributed by atoms with Crippen LogP contribution in [-0.4, -0.2) is 16.8 Å². The molecule has 6 heteroatoms. The first-order valence-corrected chi connectivity index (χ1v) is 7.25. The molecule has 0 aliphatic heterocycles. The fourth-order valence-corrected chi connectivity index (χ4v) is 3.09. The van der Waals surface area contributed by atoms with E-state index >= 15 is 0 Å². The van der Waals surface area contributed by atoms with Crippen molar-refractivity contribution in [1.29, 1.82) is 0 Å². The van der Waals surface area contributed by atoms with Crippen LogP contribution in [0.3, 0.4) is 0 Å². The molecule has 3 nitrogen and oxygen atoms in total. The van der Waals surface area contributed by atoms with Gasteiger partial charge in [0.15, 0.2) is 5.13 Å². The topological polar surface area (TPSA) is 42.0 Å². The molecule has 1 aromatic heterocycles. The fraction of sp³-hybridized carbons (Fsp3) is 0.333. The number of rotatable bonds is 4. The summed E-state index contributed by atoms with van der Waals surface area (Å²) in [5.41, 5.74) is 1.90. The van der Waals surface area contributed by atoms with Gasteiger partial charge >= 0.3 is 0 Å². The van der Waals surface area contributed by atoms with Crippen molar-refractivity contribution in [3.05, 3.63) is 22.7 Å². The number of anilines is 1. The number of carbonyl (C=O) groups excluding carboxylic acids is 1. The Kier molecular flexibility index (Phi) is 4.43. The second-order valence-electron chi connectivity index (χ2n) is 3.93. The Bertz CT molecular complexity index is 583. The molecule has 2 rings (SSSR count). The maximum atomic E-state index is 11.6. The van der Waals surface area contributed by atoms with Gasteiger partial charge in [-0.1, -0.05) is 22.9 Å². The number of benzene rings is 1. The molecular formula is C12H12Cl2N2OS. The van der Waals surface area contributed by atoms with Crippen molar-refractivity contribution in [2.75, 3.05) is 11.2 Å². The Balaban J connectivity index is 2.20. The lowest BCUT2D eigenvalue weighted by Gasteiger charge is -1.98. The van der Waals surface area contributed by atoms with Gasteiger partial charge in [0.2, 0.25) is 5.91 Å². The van der Waals surface area contributed by atoms with Crippen molar-refractivity contribution in [1.82, 2.24) is 4.98 Å². The van der Waals surface area contributed by atoms with Crippen LogP contribution in [0.4, 0.5) is 5.13 Å². The molecule has 0 aliphatic carbocycles. The summed E-state index contributed by atoms with van der Waals surface area (Å²) in [7, 11) is 0. The van der Waals surface area contributed by atoms with Crippen LogP contribution >= 0.6 is 34.5 Å². The van der Waals surface area contributed by atoms with Crippen LogP contribution in [0.1, 0.15) is 18.4 Å². The molecule has 0 saturated heterocycles.